The highest BCUT2D eigenvalue weighted by atomic mass is 32.1. The van der Waals surface area contributed by atoms with Crippen molar-refractivity contribution >= 4 is 27.8 Å². The van der Waals surface area contributed by atoms with Crippen LogP contribution in [0, 0.1) is 0 Å². The van der Waals surface area contributed by atoms with Crippen LogP contribution in [0.1, 0.15) is 11.3 Å². The van der Waals surface area contributed by atoms with Gasteiger partial charge in [-0.15, -0.1) is 22.7 Å². The molecule has 0 radical (unpaired) electrons. The maximum absolute atomic E-state index is 5.60. The SMILES string of the molecule is NCCCc1ccc(-c2csc(N)n2)s1. The molecular formula is C10H13N3S2. The van der Waals surface area contributed by atoms with Gasteiger partial charge in [0.2, 0.25) is 0 Å². The molecule has 0 spiro atoms. The minimum Gasteiger partial charge on any atom is -0.375 e. The topological polar surface area (TPSA) is 64.9 Å². The lowest BCUT2D eigenvalue weighted by atomic mass is 10.2. The zero-order valence-electron chi connectivity index (χ0n) is 8.27. The van der Waals surface area contributed by atoms with E-state index in [4.69, 9.17) is 11.5 Å². The predicted molar refractivity (Wildman–Crippen MR) is 67.2 cm³/mol. The van der Waals surface area contributed by atoms with E-state index in [0.717, 1.165) is 25.1 Å². The van der Waals surface area contributed by atoms with Crippen molar-refractivity contribution in [3.8, 4) is 10.6 Å². The van der Waals surface area contributed by atoms with Crippen LogP contribution < -0.4 is 11.5 Å². The zero-order chi connectivity index (χ0) is 10.7. The Hall–Kier alpha value is -0.910. The summed E-state index contributed by atoms with van der Waals surface area (Å²) in [6.45, 7) is 0.747. The fraction of sp³-hybridized carbons (Fsp3) is 0.300. The normalized spacial score (nSPS) is 10.7. The van der Waals surface area contributed by atoms with Crippen LogP contribution in [0.2, 0.25) is 0 Å². The van der Waals surface area contributed by atoms with Crippen molar-refractivity contribution in [1.29, 1.82) is 0 Å². The molecule has 2 aromatic heterocycles. The van der Waals surface area contributed by atoms with E-state index in [1.807, 2.05) is 5.38 Å². The van der Waals surface area contributed by atoms with Crippen LogP contribution >= 0.6 is 22.7 Å². The summed E-state index contributed by atoms with van der Waals surface area (Å²) < 4.78 is 0. The molecule has 80 valence electrons. The Labute approximate surface area is 96.8 Å². The molecule has 0 saturated heterocycles. The van der Waals surface area contributed by atoms with E-state index in [2.05, 4.69) is 17.1 Å². The average Bonchev–Trinajstić information content (AvgIpc) is 2.83. The third-order valence-electron chi connectivity index (χ3n) is 2.06. The Morgan fingerprint density at radius 2 is 2.20 bits per heavy atom. The van der Waals surface area contributed by atoms with E-state index in [0.29, 0.717) is 5.13 Å². The van der Waals surface area contributed by atoms with E-state index < -0.39 is 0 Å². The van der Waals surface area contributed by atoms with Crippen LogP contribution in [0.4, 0.5) is 5.13 Å². The van der Waals surface area contributed by atoms with Crippen LogP contribution in [0.25, 0.3) is 10.6 Å². The lowest BCUT2D eigenvalue weighted by Gasteiger charge is -1.92. The lowest BCUT2D eigenvalue weighted by Crippen LogP contribution is -1.99. The number of rotatable bonds is 4. The Morgan fingerprint density at radius 3 is 2.87 bits per heavy atom. The molecule has 0 atom stereocenters. The van der Waals surface area contributed by atoms with Crippen molar-refractivity contribution in [2.45, 2.75) is 12.8 Å². The average molecular weight is 239 g/mol. The fourth-order valence-corrected chi connectivity index (χ4v) is 2.97. The molecule has 0 aliphatic rings. The number of aryl methyl sites for hydroxylation is 1. The largest absolute Gasteiger partial charge is 0.375 e. The Kier molecular flexibility index (Phi) is 3.35. The van der Waals surface area contributed by atoms with Crippen molar-refractivity contribution < 1.29 is 0 Å². The summed E-state index contributed by atoms with van der Waals surface area (Å²) in [6.07, 6.45) is 2.10. The summed E-state index contributed by atoms with van der Waals surface area (Å²) in [6, 6.07) is 4.25. The minimum atomic E-state index is 0.627. The third kappa shape index (κ3) is 2.56. The van der Waals surface area contributed by atoms with Gasteiger partial charge >= 0.3 is 0 Å². The van der Waals surface area contributed by atoms with E-state index in [1.165, 1.54) is 21.1 Å². The standard InChI is InChI=1S/C10H13N3S2/c11-5-1-2-7-3-4-9(15-7)8-6-14-10(12)13-8/h3-4,6H,1-2,5,11H2,(H2,12,13). The first-order valence-corrected chi connectivity index (χ1v) is 6.49. The summed E-state index contributed by atoms with van der Waals surface area (Å²) in [5.74, 6) is 0. The molecular weight excluding hydrogens is 226 g/mol. The highest BCUT2D eigenvalue weighted by Crippen LogP contribution is 2.30. The Bertz CT molecular complexity index is 433. The molecule has 2 heterocycles. The second-order valence-electron chi connectivity index (χ2n) is 3.23. The van der Waals surface area contributed by atoms with E-state index in [1.54, 1.807) is 11.3 Å². The van der Waals surface area contributed by atoms with Gasteiger partial charge < -0.3 is 11.5 Å². The summed E-state index contributed by atoms with van der Waals surface area (Å²) in [7, 11) is 0. The van der Waals surface area contributed by atoms with Crippen molar-refractivity contribution in [3.63, 3.8) is 0 Å². The number of aromatic nitrogens is 1. The second kappa shape index (κ2) is 4.74. The maximum atomic E-state index is 5.60. The molecule has 3 nitrogen and oxygen atoms in total. The molecule has 0 aliphatic carbocycles. The molecule has 2 aromatic rings. The first-order chi connectivity index (χ1) is 7.29. The molecule has 0 amide bonds. The van der Waals surface area contributed by atoms with Crippen LogP contribution in [0.15, 0.2) is 17.5 Å². The van der Waals surface area contributed by atoms with Crippen molar-refractivity contribution in [2.75, 3.05) is 12.3 Å². The van der Waals surface area contributed by atoms with Crippen LogP contribution in [-0.2, 0) is 6.42 Å². The van der Waals surface area contributed by atoms with Gasteiger partial charge in [0.05, 0.1) is 10.6 Å². The van der Waals surface area contributed by atoms with E-state index in [9.17, 15) is 0 Å². The van der Waals surface area contributed by atoms with E-state index in [-0.39, 0.29) is 0 Å². The molecule has 5 heteroatoms. The number of hydrogen-bond donors (Lipinski definition) is 2. The number of nitrogens with two attached hydrogens (primary N) is 2. The smallest absolute Gasteiger partial charge is 0.180 e. The van der Waals surface area contributed by atoms with Gasteiger partial charge in [-0.05, 0) is 31.5 Å². The molecule has 0 saturated carbocycles. The number of nitrogen functional groups attached to an aromatic ring is 1. The summed E-state index contributed by atoms with van der Waals surface area (Å²) in [5.41, 5.74) is 12.1. The molecule has 0 unspecified atom stereocenters. The number of nitrogens with zero attached hydrogens (tertiary/aromatic N) is 1. The van der Waals surface area contributed by atoms with E-state index >= 15 is 0 Å². The van der Waals surface area contributed by atoms with Crippen LogP contribution in [0.5, 0.6) is 0 Å². The molecule has 4 N–H and O–H groups in total. The monoisotopic (exact) mass is 239 g/mol. The van der Waals surface area contributed by atoms with Crippen LogP contribution in [-0.4, -0.2) is 11.5 Å². The molecule has 0 bridgehead atoms. The minimum absolute atomic E-state index is 0.627. The number of anilines is 1. The molecule has 15 heavy (non-hydrogen) atoms. The highest BCUT2D eigenvalue weighted by Gasteiger charge is 2.05. The van der Waals surface area contributed by atoms with Gasteiger partial charge in [0.1, 0.15) is 0 Å². The molecule has 0 fully saturated rings. The quantitative estimate of drug-likeness (QED) is 0.860. The molecule has 0 aliphatic heterocycles. The fourth-order valence-electron chi connectivity index (χ4n) is 1.33. The number of thiazole rings is 1. The van der Waals surface area contributed by atoms with Gasteiger partial charge in [-0.3, -0.25) is 0 Å². The molecule has 2 rings (SSSR count). The van der Waals surface area contributed by atoms with Crippen LogP contribution in [0.3, 0.4) is 0 Å². The Balaban J connectivity index is 2.13. The molecule has 0 aromatic carbocycles. The number of thiophene rings is 1. The van der Waals surface area contributed by atoms with Gasteiger partial charge in [0, 0.05) is 10.3 Å². The van der Waals surface area contributed by atoms with Gasteiger partial charge in [0.25, 0.3) is 0 Å². The Morgan fingerprint density at radius 1 is 1.33 bits per heavy atom. The van der Waals surface area contributed by atoms with Gasteiger partial charge in [-0.2, -0.15) is 0 Å². The highest BCUT2D eigenvalue weighted by molar-refractivity contribution is 7.16. The second-order valence-corrected chi connectivity index (χ2v) is 5.29. The maximum Gasteiger partial charge on any atom is 0.180 e. The summed E-state index contributed by atoms with van der Waals surface area (Å²) in [5, 5.41) is 2.62. The van der Waals surface area contributed by atoms with Gasteiger partial charge in [-0.25, -0.2) is 4.98 Å². The lowest BCUT2D eigenvalue weighted by molar-refractivity contribution is 0.843. The van der Waals surface area contributed by atoms with Crippen molar-refractivity contribution in [3.05, 3.63) is 22.4 Å². The van der Waals surface area contributed by atoms with Crippen molar-refractivity contribution in [2.24, 2.45) is 5.73 Å². The summed E-state index contributed by atoms with van der Waals surface area (Å²) >= 11 is 3.25. The third-order valence-corrected chi connectivity index (χ3v) is 3.90. The predicted octanol–water partition coefficient (Wildman–Crippen LogP) is 2.35. The first kappa shape index (κ1) is 10.6. The number of hydrogen-bond acceptors (Lipinski definition) is 5. The van der Waals surface area contributed by atoms with Crippen molar-refractivity contribution in [1.82, 2.24) is 4.98 Å². The van der Waals surface area contributed by atoms with Gasteiger partial charge in [0.15, 0.2) is 5.13 Å². The van der Waals surface area contributed by atoms with Gasteiger partial charge in [-0.1, -0.05) is 0 Å². The first-order valence-electron chi connectivity index (χ1n) is 4.80. The zero-order valence-corrected chi connectivity index (χ0v) is 9.90. The summed E-state index contributed by atoms with van der Waals surface area (Å²) in [4.78, 5) is 6.81.